The van der Waals surface area contributed by atoms with Crippen molar-refractivity contribution in [2.75, 3.05) is 12.4 Å². The van der Waals surface area contributed by atoms with E-state index in [0.717, 1.165) is 30.7 Å². The number of nitrogens with one attached hydrogen (secondary N) is 1. The monoisotopic (exact) mass is 305 g/mol. The van der Waals surface area contributed by atoms with E-state index >= 15 is 0 Å². The third kappa shape index (κ3) is 3.13. The van der Waals surface area contributed by atoms with Crippen molar-refractivity contribution < 1.29 is 9.13 Å². The largest absolute Gasteiger partial charge is 0.497 e. The summed E-state index contributed by atoms with van der Waals surface area (Å²) in [4.78, 5) is 0. The second kappa shape index (κ2) is 5.94. The molecule has 1 unspecified atom stereocenters. The Balaban J connectivity index is 1.76. The maximum Gasteiger partial charge on any atom is 0.124 e. The maximum absolute atomic E-state index is 13.1. The fraction of sp³-hybridized carbons (Fsp3) is 0.294. The van der Waals surface area contributed by atoms with Crippen molar-refractivity contribution in [3.63, 3.8) is 0 Å². The van der Waals surface area contributed by atoms with Crippen molar-refractivity contribution in [1.29, 1.82) is 0 Å². The van der Waals surface area contributed by atoms with Gasteiger partial charge in [0.25, 0.3) is 0 Å². The standard InChI is InChI=1S/C17H17ClFNO/c1-21-15-6-3-11-2-5-14(8-12(11)9-15)20-17-7-4-13(19)10-16(17)18/h3-4,6-7,9-10,14,20H,2,5,8H2,1H3. The van der Waals surface area contributed by atoms with Crippen LogP contribution in [0, 0.1) is 5.82 Å². The predicted octanol–water partition coefficient (Wildman–Crippen LogP) is 4.46. The summed E-state index contributed by atoms with van der Waals surface area (Å²) in [5, 5.41) is 3.84. The molecule has 1 aliphatic carbocycles. The maximum atomic E-state index is 13.1. The van der Waals surface area contributed by atoms with Gasteiger partial charge >= 0.3 is 0 Å². The van der Waals surface area contributed by atoms with Crippen LogP contribution in [0.2, 0.25) is 5.02 Å². The molecule has 110 valence electrons. The van der Waals surface area contributed by atoms with E-state index in [9.17, 15) is 4.39 Å². The molecular formula is C17H17ClFNO. The normalized spacial score (nSPS) is 17.2. The second-order valence-electron chi connectivity index (χ2n) is 5.34. The molecule has 0 bridgehead atoms. The van der Waals surface area contributed by atoms with E-state index in [1.54, 1.807) is 13.2 Å². The first-order valence-electron chi connectivity index (χ1n) is 7.03. The Labute approximate surface area is 128 Å². The Bertz CT molecular complexity index is 659. The van der Waals surface area contributed by atoms with Crippen molar-refractivity contribution in [1.82, 2.24) is 0 Å². The molecule has 1 aliphatic rings. The Morgan fingerprint density at radius 2 is 2.05 bits per heavy atom. The van der Waals surface area contributed by atoms with E-state index in [4.69, 9.17) is 16.3 Å². The van der Waals surface area contributed by atoms with E-state index in [2.05, 4.69) is 17.4 Å². The molecule has 0 spiro atoms. The number of methoxy groups -OCH3 is 1. The van der Waals surface area contributed by atoms with Gasteiger partial charge in [-0.25, -0.2) is 4.39 Å². The van der Waals surface area contributed by atoms with Gasteiger partial charge in [0, 0.05) is 6.04 Å². The zero-order valence-corrected chi connectivity index (χ0v) is 12.6. The van der Waals surface area contributed by atoms with Gasteiger partial charge in [0.15, 0.2) is 0 Å². The number of aryl methyl sites for hydroxylation is 1. The van der Waals surface area contributed by atoms with E-state index in [1.807, 2.05) is 6.07 Å². The quantitative estimate of drug-likeness (QED) is 0.904. The zero-order valence-electron chi connectivity index (χ0n) is 11.8. The van der Waals surface area contributed by atoms with Gasteiger partial charge in [0.05, 0.1) is 17.8 Å². The molecule has 1 atom stereocenters. The van der Waals surface area contributed by atoms with Crippen molar-refractivity contribution in [3.8, 4) is 5.75 Å². The average molecular weight is 306 g/mol. The lowest BCUT2D eigenvalue weighted by Gasteiger charge is -2.27. The highest BCUT2D eigenvalue weighted by Gasteiger charge is 2.19. The molecule has 1 N–H and O–H groups in total. The van der Waals surface area contributed by atoms with Gasteiger partial charge in [-0.2, -0.15) is 0 Å². The Hall–Kier alpha value is -1.74. The van der Waals surface area contributed by atoms with Crippen molar-refractivity contribution in [2.45, 2.75) is 25.3 Å². The number of benzene rings is 2. The highest BCUT2D eigenvalue weighted by atomic mass is 35.5. The summed E-state index contributed by atoms with van der Waals surface area (Å²) < 4.78 is 18.4. The van der Waals surface area contributed by atoms with Crippen LogP contribution in [0.25, 0.3) is 0 Å². The summed E-state index contributed by atoms with van der Waals surface area (Å²) in [5.41, 5.74) is 3.46. The van der Waals surface area contributed by atoms with Crippen molar-refractivity contribution >= 4 is 17.3 Å². The first-order chi connectivity index (χ1) is 10.2. The number of fused-ring (bicyclic) bond motifs is 1. The van der Waals surface area contributed by atoms with Crippen LogP contribution >= 0.6 is 11.6 Å². The summed E-state index contributed by atoms with van der Waals surface area (Å²) in [5.74, 6) is 0.568. The molecule has 0 fully saturated rings. The minimum Gasteiger partial charge on any atom is -0.497 e. The third-order valence-corrected chi connectivity index (χ3v) is 4.25. The van der Waals surface area contributed by atoms with Crippen LogP contribution in [0.5, 0.6) is 5.75 Å². The summed E-state index contributed by atoms with van der Waals surface area (Å²) in [7, 11) is 1.68. The minimum absolute atomic E-state index is 0.299. The molecule has 2 aromatic rings. The zero-order chi connectivity index (χ0) is 14.8. The lowest BCUT2D eigenvalue weighted by Crippen LogP contribution is -2.27. The minimum atomic E-state index is -0.315. The van der Waals surface area contributed by atoms with Crippen LogP contribution in [0.15, 0.2) is 36.4 Å². The Morgan fingerprint density at radius 3 is 2.81 bits per heavy atom. The molecule has 0 saturated carbocycles. The van der Waals surface area contributed by atoms with Gasteiger partial charge in [-0.05, 0) is 60.7 Å². The van der Waals surface area contributed by atoms with Crippen LogP contribution in [0.3, 0.4) is 0 Å². The summed E-state index contributed by atoms with van der Waals surface area (Å²) in [6.45, 7) is 0. The summed E-state index contributed by atoms with van der Waals surface area (Å²) in [6, 6.07) is 11.0. The van der Waals surface area contributed by atoms with Crippen LogP contribution < -0.4 is 10.1 Å². The fourth-order valence-corrected chi connectivity index (χ4v) is 3.03. The third-order valence-electron chi connectivity index (χ3n) is 3.93. The molecular weight excluding hydrogens is 289 g/mol. The highest BCUT2D eigenvalue weighted by Crippen LogP contribution is 2.29. The molecule has 0 amide bonds. The van der Waals surface area contributed by atoms with Gasteiger partial charge in [-0.3, -0.25) is 0 Å². The molecule has 3 rings (SSSR count). The average Bonchev–Trinajstić information content (AvgIpc) is 2.49. The molecule has 2 nitrogen and oxygen atoms in total. The van der Waals surface area contributed by atoms with Crippen LogP contribution in [0.1, 0.15) is 17.5 Å². The molecule has 0 heterocycles. The number of hydrogen-bond acceptors (Lipinski definition) is 2. The molecule has 0 saturated heterocycles. The summed E-state index contributed by atoms with van der Waals surface area (Å²) in [6.07, 6.45) is 2.98. The van der Waals surface area contributed by atoms with E-state index in [1.165, 1.54) is 23.3 Å². The van der Waals surface area contributed by atoms with E-state index in [-0.39, 0.29) is 5.82 Å². The van der Waals surface area contributed by atoms with E-state index in [0.29, 0.717) is 11.1 Å². The summed E-state index contributed by atoms with van der Waals surface area (Å²) >= 11 is 6.07. The molecule has 0 aliphatic heterocycles. The smallest absolute Gasteiger partial charge is 0.124 e. The number of halogens is 2. The number of anilines is 1. The Morgan fingerprint density at radius 1 is 1.19 bits per heavy atom. The number of hydrogen-bond donors (Lipinski definition) is 1. The number of rotatable bonds is 3. The van der Waals surface area contributed by atoms with Gasteiger partial charge < -0.3 is 10.1 Å². The fourth-order valence-electron chi connectivity index (χ4n) is 2.81. The molecule has 0 radical (unpaired) electrons. The van der Waals surface area contributed by atoms with Crippen molar-refractivity contribution in [2.24, 2.45) is 0 Å². The van der Waals surface area contributed by atoms with Crippen LogP contribution in [0.4, 0.5) is 10.1 Å². The highest BCUT2D eigenvalue weighted by molar-refractivity contribution is 6.33. The first kappa shape index (κ1) is 14.2. The van der Waals surface area contributed by atoms with Gasteiger partial charge in [0.1, 0.15) is 11.6 Å². The second-order valence-corrected chi connectivity index (χ2v) is 5.75. The van der Waals surface area contributed by atoms with E-state index < -0.39 is 0 Å². The van der Waals surface area contributed by atoms with Gasteiger partial charge in [-0.15, -0.1) is 0 Å². The van der Waals surface area contributed by atoms with Gasteiger partial charge in [-0.1, -0.05) is 17.7 Å². The lowest BCUT2D eigenvalue weighted by molar-refractivity contribution is 0.413. The van der Waals surface area contributed by atoms with Gasteiger partial charge in [0.2, 0.25) is 0 Å². The predicted molar refractivity (Wildman–Crippen MR) is 83.8 cm³/mol. The number of ether oxygens (including phenoxy) is 1. The Kier molecular flexibility index (Phi) is 4.02. The van der Waals surface area contributed by atoms with Crippen molar-refractivity contribution in [3.05, 3.63) is 58.4 Å². The topological polar surface area (TPSA) is 21.3 Å². The molecule has 21 heavy (non-hydrogen) atoms. The SMILES string of the molecule is COc1ccc2c(c1)CC(Nc1ccc(F)cc1Cl)CC2. The first-order valence-corrected chi connectivity index (χ1v) is 7.41. The van der Waals surface area contributed by atoms with Crippen LogP contribution in [-0.4, -0.2) is 13.2 Å². The lowest BCUT2D eigenvalue weighted by atomic mass is 9.88. The van der Waals surface area contributed by atoms with Crippen LogP contribution in [-0.2, 0) is 12.8 Å². The molecule has 0 aromatic heterocycles. The molecule has 4 heteroatoms. The molecule has 2 aromatic carbocycles.